The second-order valence-corrected chi connectivity index (χ2v) is 5.43. The molecule has 0 saturated carbocycles. The Morgan fingerprint density at radius 1 is 1.26 bits per heavy atom. The fourth-order valence-corrected chi connectivity index (χ4v) is 2.33. The van der Waals surface area contributed by atoms with Gasteiger partial charge in [-0.15, -0.1) is 0 Å². The molecule has 0 unspecified atom stereocenters. The minimum absolute atomic E-state index is 0.00732. The smallest absolute Gasteiger partial charge is 0.266 e. The quantitative estimate of drug-likeness (QED) is 0.626. The van der Waals surface area contributed by atoms with E-state index in [9.17, 15) is 10.1 Å². The van der Waals surface area contributed by atoms with Crippen molar-refractivity contribution in [3.8, 4) is 11.8 Å². The van der Waals surface area contributed by atoms with E-state index in [0.717, 1.165) is 4.47 Å². The van der Waals surface area contributed by atoms with Crippen LogP contribution < -0.4 is 10.1 Å². The number of halogens is 1. The van der Waals surface area contributed by atoms with Gasteiger partial charge in [-0.3, -0.25) is 4.79 Å². The largest absolute Gasteiger partial charge is 0.493 e. The van der Waals surface area contributed by atoms with Crippen LogP contribution in [-0.4, -0.2) is 12.5 Å². The van der Waals surface area contributed by atoms with E-state index in [1.807, 2.05) is 37.3 Å². The summed E-state index contributed by atoms with van der Waals surface area (Å²) in [6.45, 7) is 2.39. The molecule has 2 rings (SSSR count). The molecule has 0 fully saturated rings. The van der Waals surface area contributed by atoms with Crippen LogP contribution >= 0.6 is 15.9 Å². The van der Waals surface area contributed by atoms with Crippen LogP contribution in [-0.2, 0) is 4.79 Å². The summed E-state index contributed by atoms with van der Waals surface area (Å²) >= 11 is 3.36. The highest BCUT2D eigenvalue weighted by atomic mass is 79.9. The summed E-state index contributed by atoms with van der Waals surface area (Å²) in [6, 6.07) is 16.4. The normalized spacial score (nSPS) is 10.7. The minimum atomic E-state index is -0.467. The number of nitrogens with zero attached hydrogens (tertiary/aromatic N) is 1. The maximum atomic E-state index is 12.3. The number of para-hydroxylation sites is 2. The molecular formula is C18H15BrN2O2. The van der Waals surface area contributed by atoms with Crippen LogP contribution in [0.1, 0.15) is 12.5 Å². The van der Waals surface area contributed by atoms with Crippen molar-refractivity contribution in [3.05, 3.63) is 64.1 Å². The van der Waals surface area contributed by atoms with Gasteiger partial charge in [0.15, 0.2) is 0 Å². The lowest BCUT2D eigenvalue weighted by molar-refractivity contribution is -0.112. The Morgan fingerprint density at radius 3 is 2.65 bits per heavy atom. The van der Waals surface area contributed by atoms with Crippen molar-refractivity contribution >= 4 is 33.6 Å². The summed E-state index contributed by atoms with van der Waals surface area (Å²) in [5.41, 5.74) is 1.30. The molecule has 23 heavy (non-hydrogen) atoms. The van der Waals surface area contributed by atoms with Crippen LogP contribution in [0.25, 0.3) is 6.08 Å². The average Bonchev–Trinajstić information content (AvgIpc) is 2.56. The van der Waals surface area contributed by atoms with Crippen molar-refractivity contribution in [2.24, 2.45) is 0 Å². The van der Waals surface area contributed by atoms with Crippen molar-refractivity contribution in [3.63, 3.8) is 0 Å². The van der Waals surface area contributed by atoms with Gasteiger partial charge in [-0.2, -0.15) is 5.26 Å². The second kappa shape index (κ2) is 8.16. The van der Waals surface area contributed by atoms with E-state index in [4.69, 9.17) is 4.74 Å². The van der Waals surface area contributed by atoms with E-state index in [0.29, 0.717) is 23.6 Å². The molecular weight excluding hydrogens is 356 g/mol. The maximum Gasteiger partial charge on any atom is 0.266 e. The summed E-state index contributed by atoms with van der Waals surface area (Å²) in [5.74, 6) is 0.169. The Hall–Kier alpha value is -2.58. The molecule has 4 nitrogen and oxygen atoms in total. The van der Waals surface area contributed by atoms with Crippen molar-refractivity contribution in [1.29, 1.82) is 5.26 Å². The summed E-state index contributed by atoms with van der Waals surface area (Å²) < 4.78 is 6.26. The van der Waals surface area contributed by atoms with Crippen LogP contribution in [0.4, 0.5) is 5.69 Å². The summed E-state index contributed by atoms with van der Waals surface area (Å²) in [4.78, 5) is 12.3. The van der Waals surface area contributed by atoms with Gasteiger partial charge in [0.2, 0.25) is 0 Å². The van der Waals surface area contributed by atoms with E-state index < -0.39 is 5.91 Å². The Bertz CT molecular complexity index is 779. The Morgan fingerprint density at radius 2 is 1.96 bits per heavy atom. The van der Waals surface area contributed by atoms with Crippen molar-refractivity contribution in [2.75, 3.05) is 11.9 Å². The zero-order chi connectivity index (χ0) is 16.7. The monoisotopic (exact) mass is 370 g/mol. The molecule has 0 saturated heterocycles. The SMILES string of the molecule is CCOc1ccccc1/C=C(/C#N)C(=O)Nc1ccccc1Br. The van der Waals surface area contributed by atoms with Gasteiger partial charge >= 0.3 is 0 Å². The lowest BCUT2D eigenvalue weighted by atomic mass is 10.1. The number of hydrogen-bond acceptors (Lipinski definition) is 3. The number of nitrogens with one attached hydrogen (secondary N) is 1. The standard InChI is InChI=1S/C18H15BrN2O2/c1-2-23-17-10-6-3-7-13(17)11-14(12-20)18(22)21-16-9-5-4-8-15(16)19/h3-11H,2H2,1H3,(H,21,22)/b14-11-. The first kappa shape index (κ1) is 16.8. The molecule has 0 heterocycles. The highest BCUT2D eigenvalue weighted by Gasteiger charge is 2.12. The van der Waals surface area contributed by atoms with Gasteiger partial charge in [-0.25, -0.2) is 0 Å². The van der Waals surface area contributed by atoms with Gasteiger partial charge in [0.25, 0.3) is 5.91 Å². The highest BCUT2D eigenvalue weighted by Crippen LogP contribution is 2.24. The zero-order valence-corrected chi connectivity index (χ0v) is 14.1. The van der Waals surface area contributed by atoms with Gasteiger partial charge in [0, 0.05) is 10.0 Å². The second-order valence-electron chi connectivity index (χ2n) is 4.57. The first-order valence-corrected chi connectivity index (χ1v) is 7.84. The number of carbonyl (C=O) groups excluding carboxylic acids is 1. The third-order valence-corrected chi connectivity index (χ3v) is 3.70. The first-order valence-electron chi connectivity index (χ1n) is 7.05. The van der Waals surface area contributed by atoms with Crippen LogP contribution in [0, 0.1) is 11.3 Å². The van der Waals surface area contributed by atoms with E-state index in [2.05, 4.69) is 21.2 Å². The topological polar surface area (TPSA) is 62.1 Å². The molecule has 0 bridgehead atoms. The fraction of sp³-hybridized carbons (Fsp3) is 0.111. The average molecular weight is 371 g/mol. The van der Waals surface area contributed by atoms with Crippen LogP contribution in [0.2, 0.25) is 0 Å². The van der Waals surface area contributed by atoms with Gasteiger partial charge < -0.3 is 10.1 Å². The van der Waals surface area contributed by atoms with Gasteiger partial charge in [0.05, 0.1) is 12.3 Å². The highest BCUT2D eigenvalue weighted by molar-refractivity contribution is 9.10. The number of hydrogen-bond donors (Lipinski definition) is 1. The molecule has 0 atom stereocenters. The van der Waals surface area contributed by atoms with Gasteiger partial charge in [-0.1, -0.05) is 30.3 Å². The lowest BCUT2D eigenvalue weighted by Gasteiger charge is -2.08. The van der Waals surface area contributed by atoms with E-state index in [-0.39, 0.29) is 5.57 Å². The molecule has 1 amide bonds. The molecule has 2 aromatic carbocycles. The van der Waals surface area contributed by atoms with E-state index in [1.54, 1.807) is 24.3 Å². The first-order chi connectivity index (χ1) is 11.2. The van der Waals surface area contributed by atoms with Crippen LogP contribution in [0.3, 0.4) is 0 Å². The van der Waals surface area contributed by atoms with E-state index >= 15 is 0 Å². The molecule has 0 aliphatic heterocycles. The van der Waals surface area contributed by atoms with Crippen molar-refractivity contribution < 1.29 is 9.53 Å². The molecule has 0 spiro atoms. The number of anilines is 1. The van der Waals surface area contributed by atoms with Crippen molar-refractivity contribution in [1.82, 2.24) is 0 Å². The molecule has 2 aromatic rings. The summed E-state index contributed by atoms with van der Waals surface area (Å²) in [7, 11) is 0. The summed E-state index contributed by atoms with van der Waals surface area (Å²) in [6.07, 6.45) is 1.52. The molecule has 0 aliphatic carbocycles. The zero-order valence-electron chi connectivity index (χ0n) is 12.5. The number of carbonyl (C=O) groups is 1. The molecule has 0 aromatic heterocycles. The van der Waals surface area contributed by atoms with Crippen LogP contribution in [0.5, 0.6) is 5.75 Å². The number of ether oxygens (including phenoxy) is 1. The molecule has 0 aliphatic rings. The minimum Gasteiger partial charge on any atom is -0.493 e. The molecule has 0 radical (unpaired) electrons. The number of rotatable bonds is 5. The summed E-state index contributed by atoms with van der Waals surface area (Å²) in [5, 5.41) is 12.0. The van der Waals surface area contributed by atoms with E-state index in [1.165, 1.54) is 6.08 Å². The molecule has 116 valence electrons. The van der Waals surface area contributed by atoms with Crippen LogP contribution in [0.15, 0.2) is 58.6 Å². The van der Waals surface area contributed by atoms with Gasteiger partial charge in [-0.05, 0) is 47.1 Å². The maximum absolute atomic E-state index is 12.3. The Labute approximate surface area is 143 Å². The Kier molecular flexibility index (Phi) is 5.95. The fourth-order valence-electron chi connectivity index (χ4n) is 1.94. The predicted octanol–water partition coefficient (Wildman–Crippen LogP) is 4.39. The Balaban J connectivity index is 2.27. The van der Waals surface area contributed by atoms with Gasteiger partial charge in [0.1, 0.15) is 17.4 Å². The predicted molar refractivity (Wildman–Crippen MR) is 94.0 cm³/mol. The molecule has 1 N–H and O–H groups in total. The number of amides is 1. The third kappa shape index (κ3) is 4.44. The lowest BCUT2D eigenvalue weighted by Crippen LogP contribution is -2.13. The molecule has 5 heteroatoms. The number of nitriles is 1. The third-order valence-electron chi connectivity index (χ3n) is 3.01. The van der Waals surface area contributed by atoms with Crippen molar-refractivity contribution in [2.45, 2.75) is 6.92 Å². The number of benzene rings is 2.